The lowest BCUT2D eigenvalue weighted by atomic mass is 10.1. The second kappa shape index (κ2) is 24.4. The SMILES string of the molecule is CCCCCCCCCCN(CCCCCCCCCC)C(O)=S.NC(O)=S. The summed E-state index contributed by atoms with van der Waals surface area (Å²) >= 11 is 8.87. The summed E-state index contributed by atoms with van der Waals surface area (Å²) in [4.78, 5) is 2.00. The first-order chi connectivity index (χ1) is 13.5. The first kappa shape index (κ1) is 29.6. The van der Waals surface area contributed by atoms with Crippen molar-refractivity contribution in [1.82, 2.24) is 4.90 Å². The Balaban J connectivity index is 0. The van der Waals surface area contributed by atoms with Crippen molar-refractivity contribution in [3.05, 3.63) is 0 Å². The van der Waals surface area contributed by atoms with E-state index in [0.717, 1.165) is 25.9 Å². The lowest BCUT2D eigenvalue weighted by Gasteiger charge is -2.21. The molecule has 0 rings (SSSR count). The molecule has 0 aromatic rings. The lowest BCUT2D eigenvalue weighted by Crippen LogP contribution is -2.31. The molecule has 0 bridgehead atoms. The molecular formula is C22H46N2O2S2. The number of unbranched alkanes of at least 4 members (excludes halogenated alkanes) is 14. The molecule has 0 aliphatic heterocycles. The van der Waals surface area contributed by atoms with E-state index < -0.39 is 5.17 Å². The monoisotopic (exact) mass is 434 g/mol. The van der Waals surface area contributed by atoms with Gasteiger partial charge in [0.15, 0.2) is 0 Å². The van der Waals surface area contributed by atoms with Crippen LogP contribution in [-0.4, -0.2) is 38.6 Å². The Morgan fingerprint density at radius 2 is 0.857 bits per heavy atom. The van der Waals surface area contributed by atoms with E-state index in [-0.39, 0.29) is 5.17 Å². The van der Waals surface area contributed by atoms with Crippen LogP contribution in [0.4, 0.5) is 0 Å². The molecule has 0 aromatic carbocycles. The predicted molar refractivity (Wildman–Crippen MR) is 131 cm³/mol. The van der Waals surface area contributed by atoms with Crippen LogP contribution in [0.2, 0.25) is 0 Å². The third kappa shape index (κ3) is 27.6. The molecule has 0 fully saturated rings. The van der Waals surface area contributed by atoms with Gasteiger partial charge in [0.1, 0.15) is 0 Å². The maximum absolute atomic E-state index is 9.67. The van der Waals surface area contributed by atoms with Gasteiger partial charge in [-0.15, -0.1) is 0 Å². The molecule has 0 radical (unpaired) electrons. The van der Waals surface area contributed by atoms with Gasteiger partial charge >= 0.3 is 0 Å². The highest BCUT2D eigenvalue weighted by atomic mass is 32.1. The second-order valence-electron chi connectivity index (χ2n) is 7.56. The van der Waals surface area contributed by atoms with Crippen LogP contribution in [-0.2, 0) is 0 Å². The number of nitrogens with zero attached hydrogens (tertiary/aromatic N) is 1. The largest absolute Gasteiger partial charge is 0.487 e. The van der Waals surface area contributed by atoms with Crippen molar-refractivity contribution in [3.63, 3.8) is 0 Å². The minimum absolute atomic E-state index is 0.0980. The number of aliphatic hydroxyl groups excluding tert-OH is 2. The van der Waals surface area contributed by atoms with Crippen LogP contribution in [0.5, 0.6) is 0 Å². The van der Waals surface area contributed by atoms with Crippen LogP contribution in [0.3, 0.4) is 0 Å². The molecule has 6 heteroatoms. The van der Waals surface area contributed by atoms with E-state index in [4.69, 9.17) is 17.3 Å². The van der Waals surface area contributed by atoms with Crippen molar-refractivity contribution in [2.24, 2.45) is 5.73 Å². The van der Waals surface area contributed by atoms with Crippen LogP contribution >= 0.6 is 24.4 Å². The molecule has 0 unspecified atom stereocenters. The Morgan fingerprint density at radius 1 is 0.607 bits per heavy atom. The van der Waals surface area contributed by atoms with Crippen LogP contribution in [0.15, 0.2) is 0 Å². The first-order valence-electron chi connectivity index (χ1n) is 11.4. The zero-order chi connectivity index (χ0) is 21.5. The molecule has 0 saturated heterocycles. The van der Waals surface area contributed by atoms with Crippen LogP contribution in [0.25, 0.3) is 0 Å². The molecule has 0 saturated carbocycles. The minimum Gasteiger partial charge on any atom is -0.487 e. The Hall–Kier alpha value is -0.620. The maximum atomic E-state index is 9.67. The lowest BCUT2D eigenvalue weighted by molar-refractivity contribution is 0.326. The van der Waals surface area contributed by atoms with Crippen molar-refractivity contribution < 1.29 is 10.2 Å². The van der Waals surface area contributed by atoms with Crippen molar-refractivity contribution >= 4 is 34.8 Å². The van der Waals surface area contributed by atoms with Gasteiger partial charge < -0.3 is 20.8 Å². The zero-order valence-corrected chi connectivity index (χ0v) is 20.1. The fraction of sp³-hybridized carbons (Fsp3) is 0.909. The summed E-state index contributed by atoms with van der Waals surface area (Å²) in [5.41, 5.74) is 4.40. The van der Waals surface area contributed by atoms with Crippen molar-refractivity contribution in [1.29, 1.82) is 0 Å². The van der Waals surface area contributed by atoms with E-state index >= 15 is 0 Å². The molecule has 4 N–H and O–H groups in total. The van der Waals surface area contributed by atoms with Gasteiger partial charge in [0.25, 0.3) is 10.3 Å². The Kier molecular flexibility index (Phi) is 25.8. The fourth-order valence-electron chi connectivity index (χ4n) is 3.18. The smallest absolute Gasteiger partial charge is 0.256 e. The first-order valence-corrected chi connectivity index (χ1v) is 12.2. The Morgan fingerprint density at radius 3 is 1.11 bits per heavy atom. The normalized spacial score (nSPS) is 10.2. The maximum Gasteiger partial charge on any atom is 0.256 e. The summed E-state index contributed by atoms with van der Waals surface area (Å²) < 4.78 is 0. The zero-order valence-electron chi connectivity index (χ0n) is 18.5. The molecule has 0 spiro atoms. The standard InChI is InChI=1S/C21H43NOS.CH3NOS/c1-3-5-7-9-11-13-15-17-19-22(21(23)24)20-18-16-14-12-10-8-6-4-2;2-1(3)4/h3-20H2,1-2H3,(H,23,24);(H3,2,3,4). The number of hydrogen-bond acceptors (Lipinski definition) is 2. The number of aliphatic hydroxyl groups is 2. The number of rotatable bonds is 18. The van der Waals surface area contributed by atoms with Gasteiger partial charge in [-0.05, 0) is 37.3 Å². The topological polar surface area (TPSA) is 69.7 Å². The van der Waals surface area contributed by atoms with Crippen LogP contribution < -0.4 is 5.73 Å². The highest BCUT2D eigenvalue weighted by Crippen LogP contribution is 2.11. The van der Waals surface area contributed by atoms with Gasteiger partial charge in [-0.1, -0.05) is 104 Å². The molecule has 28 heavy (non-hydrogen) atoms. The highest BCUT2D eigenvalue weighted by molar-refractivity contribution is 7.80. The molecule has 0 heterocycles. The quantitative estimate of drug-likeness (QED) is 0.156. The Bertz CT molecular complexity index is 331. The molecule has 168 valence electrons. The molecule has 4 nitrogen and oxygen atoms in total. The van der Waals surface area contributed by atoms with E-state index in [1.165, 1.54) is 89.9 Å². The number of thiocarbonyl (C=S) groups is 2. The average molecular weight is 435 g/mol. The fourth-order valence-corrected chi connectivity index (χ4v) is 3.36. The van der Waals surface area contributed by atoms with Crippen molar-refractivity contribution in [2.45, 2.75) is 117 Å². The summed E-state index contributed by atoms with van der Waals surface area (Å²) in [5, 5.41) is 16.8. The van der Waals surface area contributed by atoms with Gasteiger partial charge in [0, 0.05) is 13.1 Å². The highest BCUT2D eigenvalue weighted by Gasteiger charge is 2.07. The van der Waals surface area contributed by atoms with E-state index in [1.807, 2.05) is 4.90 Å². The molecule has 0 atom stereocenters. The van der Waals surface area contributed by atoms with Gasteiger partial charge in [0.05, 0.1) is 0 Å². The van der Waals surface area contributed by atoms with Gasteiger partial charge in [-0.2, -0.15) is 0 Å². The Labute approximate surface area is 185 Å². The second-order valence-corrected chi connectivity index (χ2v) is 8.34. The van der Waals surface area contributed by atoms with E-state index in [0.29, 0.717) is 0 Å². The van der Waals surface area contributed by atoms with Crippen molar-refractivity contribution in [2.75, 3.05) is 13.1 Å². The average Bonchev–Trinajstić information content (AvgIpc) is 2.63. The van der Waals surface area contributed by atoms with E-state index in [2.05, 4.69) is 31.8 Å². The molecular weight excluding hydrogens is 388 g/mol. The van der Waals surface area contributed by atoms with Crippen LogP contribution in [0, 0.1) is 0 Å². The summed E-state index contributed by atoms with van der Waals surface area (Å²) in [6.07, 6.45) is 21.2. The van der Waals surface area contributed by atoms with Gasteiger partial charge in [0.2, 0.25) is 0 Å². The summed E-state index contributed by atoms with van der Waals surface area (Å²) in [6.45, 7) is 6.39. The van der Waals surface area contributed by atoms with Gasteiger partial charge in [-0.25, -0.2) is 0 Å². The van der Waals surface area contributed by atoms with Crippen molar-refractivity contribution in [3.8, 4) is 0 Å². The van der Waals surface area contributed by atoms with Crippen LogP contribution in [0.1, 0.15) is 117 Å². The summed E-state index contributed by atoms with van der Waals surface area (Å²) in [5.74, 6) is 0. The molecule has 0 aliphatic rings. The van der Waals surface area contributed by atoms with Gasteiger partial charge in [-0.3, -0.25) is 0 Å². The molecule has 0 amide bonds. The third-order valence-electron chi connectivity index (χ3n) is 4.83. The van der Waals surface area contributed by atoms with E-state index in [1.54, 1.807) is 0 Å². The molecule has 0 aliphatic carbocycles. The summed E-state index contributed by atoms with van der Waals surface area (Å²) in [7, 11) is 0. The predicted octanol–water partition coefficient (Wildman–Crippen LogP) is 7.20. The summed E-state index contributed by atoms with van der Waals surface area (Å²) in [6, 6.07) is 0. The molecule has 0 aromatic heterocycles. The number of hydrogen-bond donors (Lipinski definition) is 3. The minimum atomic E-state index is -0.500. The van der Waals surface area contributed by atoms with E-state index in [9.17, 15) is 5.11 Å². The number of nitrogens with two attached hydrogens (primary N) is 1. The third-order valence-corrected chi connectivity index (χ3v) is 5.09.